The van der Waals surface area contributed by atoms with Crippen molar-refractivity contribution in [3.05, 3.63) is 23.5 Å². The Balaban J connectivity index is 2.34. The average molecular weight is 251 g/mol. The van der Waals surface area contributed by atoms with Crippen LogP contribution in [0.3, 0.4) is 0 Å². The van der Waals surface area contributed by atoms with Gasteiger partial charge in [0.1, 0.15) is 5.69 Å². The number of aryl methyl sites for hydroxylation is 1. The fourth-order valence-corrected chi connectivity index (χ4v) is 1.57. The molecular formula is C13H21N3O2. The van der Waals surface area contributed by atoms with Crippen LogP contribution in [0.4, 0.5) is 0 Å². The molecule has 0 atom stereocenters. The molecule has 2 N–H and O–H groups in total. The highest BCUT2D eigenvalue weighted by molar-refractivity contribution is 5.93. The van der Waals surface area contributed by atoms with Gasteiger partial charge in [0, 0.05) is 32.3 Å². The summed E-state index contributed by atoms with van der Waals surface area (Å²) < 4.78 is 1.83. The summed E-state index contributed by atoms with van der Waals surface area (Å²) in [5.74, 6) is -0.172. The fourth-order valence-electron chi connectivity index (χ4n) is 1.57. The van der Waals surface area contributed by atoms with Gasteiger partial charge in [-0.1, -0.05) is 6.92 Å². The number of hydrogen-bond donors (Lipinski definition) is 2. The molecule has 0 bridgehead atoms. The van der Waals surface area contributed by atoms with Gasteiger partial charge in [-0.3, -0.25) is 9.59 Å². The monoisotopic (exact) mass is 251 g/mol. The molecule has 0 aliphatic carbocycles. The second-order valence-electron chi connectivity index (χ2n) is 4.27. The van der Waals surface area contributed by atoms with Crippen LogP contribution in [0.1, 0.15) is 35.9 Å². The largest absolute Gasteiger partial charge is 0.356 e. The van der Waals surface area contributed by atoms with Crippen molar-refractivity contribution in [2.45, 2.75) is 26.7 Å². The van der Waals surface area contributed by atoms with Gasteiger partial charge in [0.2, 0.25) is 5.91 Å². The number of hydrogen-bond acceptors (Lipinski definition) is 2. The number of carbonyl (C=O) groups is 2. The maximum Gasteiger partial charge on any atom is 0.267 e. The fraction of sp³-hybridized carbons (Fsp3) is 0.538. The van der Waals surface area contributed by atoms with E-state index in [0.717, 1.165) is 12.1 Å². The Kier molecular flexibility index (Phi) is 5.42. The molecule has 5 nitrogen and oxygen atoms in total. The van der Waals surface area contributed by atoms with Crippen molar-refractivity contribution in [3.8, 4) is 0 Å². The first-order valence-corrected chi connectivity index (χ1v) is 6.23. The summed E-state index contributed by atoms with van der Waals surface area (Å²) in [6.45, 7) is 4.98. The minimum atomic E-state index is -0.145. The Labute approximate surface area is 108 Å². The topological polar surface area (TPSA) is 63.1 Å². The first-order valence-electron chi connectivity index (χ1n) is 6.23. The third-order valence-corrected chi connectivity index (χ3v) is 2.82. The van der Waals surface area contributed by atoms with Gasteiger partial charge in [-0.2, -0.15) is 0 Å². The quantitative estimate of drug-likeness (QED) is 0.791. The molecule has 0 saturated carbocycles. The normalized spacial score (nSPS) is 10.2. The molecule has 0 spiro atoms. The van der Waals surface area contributed by atoms with E-state index in [1.165, 1.54) is 0 Å². The summed E-state index contributed by atoms with van der Waals surface area (Å²) >= 11 is 0. The van der Waals surface area contributed by atoms with Gasteiger partial charge in [-0.25, -0.2) is 0 Å². The molecule has 0 unspecified atom stereocenters. The summed E-state index contributed by atoms with van der Waals surface area (Å²) in [6, 6.07) is 3.67. The predicted molar refractivity (Wildman–Crippen MR) is 70.4 cm³/mol. The molecule has 0 aromatic carbocycles. The maximum absolute atomic E-state index is 11.8. The van der Waals surface area contributed by atoms with E-state index in [4.69, 9.17) is 0 Å². The van der Waals surface area contributed by atoms with Crippen LogP contribution in [-0.2, 0) is 11.8 Å². The standard InChI is InChI=1S/C13H21N3O2/c1-4-8-14-12(17)7-9-15-13(18)11-6-5-10(2)16(11)3/h5-6H,4,7-9H2,1-3H3,(H,14,17)(H,15,18). The van der Waals surface area contributed by atoms with Crippen LogP contribution in [0.25, 0.3) is 0 Å². The molecule has 0 saturated heterocycles. The Morgan fingerprint density at radius 2 is 1.94 bits per heavy atom. The van der Waals surface area contributed by atoms with Crippen LogP contribution in [0.2, 0.25) is 0 Å². The molecule has 0 radical (unpaired) electrons. The summed E-state index contributed by atoms with van der Waals surface area (Å²) in [4.78, 5) is 23.1. The van der Waals surface area contributed by atoms with E-state index in [1.807, 2.05) is 31.5 Å². The van der Waals surface area contributed by atoms with Gasteiger partial charge >= 0.3 is 0 Å². The minimum absolute atomic E-state index is 0.0276. The number of rotatable bonds is 6. The first kappa shape index (κ1) is 14.3. The first-order chi connectivity index (χ1) is 8.56. The second kappa shape index (κ2) is 6.83. The smallest absolute Gasteiger partial charge is 0.267 e. The zero-order valence-corrected chi connectivity index (χ0v) is 11.2. The number of carbonyl (C=O) groups excluding carboxylic acids is 2. The van der Waals surface area contributed by atoms with Crippen LogP contribution in [0.5, 0.6) is 0 Å². The van der Waals surface area contributed by atoms with Crippen molar-refractivity contribution in [3.63, 3.8) is 0 Å². The highest BCUT2D eigenvalue weighted by Crippen LogP contribution is 2.05. The highest BCUT2D eigenvalue weighted by atomic mass is 16.2. The molecule has 1 aromatic heterocycles. The molecular weight excluding hydrogens is 230 g/mol. The molecule has 0 fully saturated rings. The molecule has 5 heteroatoms. The molecule has 18 heavy (non-hydrogen) atoms. The number of amides is 2. The Morgan fingerprint density at radius 3 is 2.50 bits per heavy atom. The zero-order chi connectivity index (χ0) is 13.5. The van der Waals surface area contributed by atoms with Gasteiger partial charge in [-0.05, 0) is 25.5 Å². The van der Waals surface area contributed by atoms with Gasteiger partial charge < -0.3 is 15.2 Å². The maximum atomic E-state index is 11.8. The zero-order valence-electron chi connectivity index (χ0n) is 11.2. The van der Waals surface area contributed by atoms with Crippen LogP contribution in [0, 0.1) is 6.92 Å². The second-order valence-corrected chi connectivity index (χ2v) is 4.27. The van der Waals surface area contributed by atoms with Crippen molar-refractivity contribution in [2.75, 3.05) is 13.1 Å². The van der Waals surface area contributed by atoms with E-state index in [1.54, 1.807) is 6.07 Å². The van der Waals surface area contributed by atoms with Crippen molar-refractivity contribution in [1.82, 2.24) is 15.2 Å². The molecule has 0 aliphatic rings. The molecule has 2 amide bonds. The lowest BCUT2D eigenvalue weighted by Gasteiger charge is -2.07. The van der Waals surface area contributed by atoms with Crippen molar-refractivity contribution in [1.29, 1.82) is 0 Å². The Bertz CT molecular complexity index is 424. The van der Waals surface area contributed by atoms with E-state index in [2.05, 4.69) is 10.6 Å². The van der Waals surface area contributed by atoms with E-state index < -0.39 is 0 Å². The molecule has 1 rings (SSSR count). The third-order valence-electron chi connectivity index (χ3n) is 2.82. The van der Waals surface area contributed by atoms with Crippen molar-refractivity contribution < 1.29 is 9.59 Å². The van der Waals surface area contributed by atoms with Crippen molar-refractivity contribution in [2.24, 2.45) is 7.05 Å². The van der Waals surface area contributed by atoms with Crippen LogP contribution in [-0.4, -0.2) is 29.5 Å². The van der Waals surface area contributed by atoms with Crippen LogP contribution in [0.15, 0.2) is 12.1 Å². The SMILES string of the molecule is CCCNC(=O)CCNC(=O)c1ccc(C)n1C. The molecule has 100 valence electrons. The number of aromatic nitrogens is 1. The van der Waals surface area contributed by atoms with E-state index in [-0.39, 0.29) is 11.8 Å². The average Bonchev–Trinajstić information content (AvgIpc) is 2.67. The summed E-state index contributed by atoms with van der Waals surface area (Å²) in [7, 11) is 1.85. The molecule has 0 aliphatic heterocycles. The lowest BCUT2D eigenvalue weighted by molar-refractivity contribution is -0.120. The van der Waals surface area contributed by atoms with Gasteiger partial charge in [0.15, 0.2) is 0 Å². The van der Waals surface area contributed by atoms with E-state index >= 15 is 0 Å². The Hall–Kier alpha value is -1.78. The molecule has 1 heterocycles. The summed E-state index contributed by atoms with van der Waals surface area (Å²) in [5.41, 5.74) is 1.64. The highest BCUT2D eigenvalue weighted by Gasteiger charge is 2.10. The minimum Gasteiger partial charge on any atom is -0.356 e. The van der Waals surface area contributed by atoms with Gasteiger partial charge in [-0.15, -0.1) is 0 Å². The van der Waals surface area contributed by atoms with Crippen LogP contribution < -0.4 is 10.6 Å². The third kappa shape index (κ3) is 3.91. The summed E-state index contributed by atoms with van der Waals surface area (Å²) in [5, 5.41) is 5.51. The van der Waals surface area contributed by atoms with E-state index in [0.29, 0.717) is 25.2 Å². The Morgan fingerprint density at radius 1 is 1.22 bits per heavy atom. The number of nitrogens with one attached hydrogen (secondary N) is 2. The predicted octanol–water partition coefficient (Wildman–Crippen LogP) is 0.980. The van der Waals surface area contributed by atoms with Crippen molar-refractivity contribution >= 4 is 11.8 Å². The number of nitrogens with zero attached hydrogens (tertiary/aromatic N) is 1. The lowest BCUT2D eigenvalue weighted by Crippen LogP contribution is -2.31. The van der Waals surface area contributed by atoms with Gasteiger partial charge in [0.25, 0.3) is 5.91 Å². The molecule has 1 aromatic rings. The summed E-state index contributed by atoms with van der Waals surface area (Å²) in [6.07, 6.45) is 1.23. The van der Waals surface area contributed by atoms with Crippen LogP contribution >= 0.6 is 0 Å². The van der Waals surface area contributed by atoms with Gasteiger partial charge in [0.05, 0.1) is 0 Å². The van der Waals surface area contributed by atoms with E-state index in [9.17, 15) is 9.59 Å². The lowest BCUT2D eigenvalue weighted by atomic mass is 10.3.